The van der Waals surface area contributed by atoms with E-state index in [-0.39, 0.29) is 13.1 Å². The zero-order chi connectivity index (χ0) is 21.0. The summed E-state index contributed by atoms with van der Waals surface area (Å²) in [7, 11) is 0. The van der Waals surface area contributed by atoms with Crippen LogP contribution in [0.3, 0.4) is 0 Å². The average Bonchev–Trinajstić information content (AvgIpc) is 3.48. The summed E-state index contributed by atoms with van der Waals surface area (Å²) >= 11 is 0. The van der Waals surface area contributed by atoms with Crippen LogP contribution in [0.1, 0.15) is 0 Å². The molecule has 0 atom stereocenters. The first-order chi connectivity index (χ1) is 15.1. The number of likely N-dealkylation sites (tertiary alicyclic amines) is 1. The van der Waals surface area contributed by atoms with Crippen molar-refractivity contribution in [3.05, 3.63) is 54.9 Å². The van der Waals surface area contributed by atoms with E-state index in [9.17, 15) is 8.78 Å². The molecule has 0 saturated carbocycles. The molecule has 8 nitrogen and oxygen atoms in total. The van der Waals surface area contributed by atoms with Crippen molar-refractivity contribution >= 4 is 21.9 Å². The summed E-state index contributed by atoms with van der Waals surface area (Å²) in [5, 5.41) is 21.1. The van der Waals surface area contributed by atoms with Crippen molar-refractivity contribution in [2.75, 3.05) is 19.6 Å². The molecule has 0 radical (unpaired) electrons. The molecule has 4 heterocycles. The van der Waals surface area contributed by atoms with E-state index in [2.05, 4.69) is 25.6 Å². The van der Waals surface area contributed by atoms with Gasteiger partial charge in [0.15, 0.2) is 0 Å². The van der Waals surface area contributed by atoms with Gasteiger partial charge < -0.3 is 0 Å². The van der Waals surface area contributed by atoms with Crippen molar-refractivity contribution in [1.29, 1.82) is 0 Å². The summed E-state index contributed by atoms with van der Waals surface area (Å²) in [4.78, 5) is 1.74. The first kappa shape index (κ1) is 18.1. The van der Waals surface area contributed by atoms with Crippen LogP contribution >= 0.6 is 0 Å². The summed E-state index contributed by atoms with van der Waals surface area (Å²) in [5.74, 6) is -2.55. The van der Waals surface area contributed by atoms with Gasteiger partial charge in [0.05, 0.1) is 48.2 Å². The van der Waals surface area contributed by atoms with Crippen LogP contribution in [0.4, 0.5) is 8.78 Å². The Labute approximate surface area is 175 Å². The number of nitrogens with one attached hydrogen (secondary N) is 1. The molecule has 0 spiro atoms. The van der Waals surface area contributed by atoms with E-state index < -0.39 is 5.92 Å². The highest BCUT2D eigenvalue weighted by Gasteiger charge is 2.43. The van der Waals surface area contributed by atoms with Gasteiger partial charge in [0.25, 0.3) is 5.92 Å². The largest absolute Gasteiger partial charge is 0.290 e. The Morgan fingerprint density at radius 3 is 2.81 bits per heavy atom. The van der Waals surface area contributed by atoms with E-state index in [4.69, 9.17) is 0 Å². The third kappa shape index (κ3) is 3.15. The van der Waals surface area contributed by atoms with E-state index in [1.807, 2.05) is 47.1 Å². The van der Waals surface area contributed by atoms with Crippen molar-refractivity contribution in [3.8, 4) is 16.9 Å². The van der Waals surface area contributed by atoms with Crippen LogP contribution in [-0.4, -0.2) is 65.4 Å². The Kier molecular flexibility index (Phi) is 3.90. The van der Waals surface area contributed by atoms with E-state index in [1.54, 1.807) is 22.0 Å². The molecule has 3 aromatic heterocycles. The van der Waals surface area contributed by atoms with E-state index >= 15 is 0 Å². The second-order valence-corrected chi connectivity index (χ2v) is 7.85. The van der Waals surface area contributed by atoms with Gasteiger partial charge in [0.1, 0.15) is 5.52 Å². The number of aromatic nitrogens is 7. The molecule has 1 aliphatic rings. The Morgan fingerprint density at radius 2 is 1.94 bits per heavy atom. The van der Waals surface area contributed by atoms with Crippen molar-refractivity contribution in [1.82, 2.24) is 39.9 Å². The van der Waals surface area contributed by atoms with Gasteiger partial charge in [0, 0.05) is 23.7 Å². The van der Waals surface area contributed by atoms with Crippen molar-refractivity contribution in [2.45, 2.75) is 12.5 Å². The Hall–Kier alpha value is -3.66. The highest BCUT2D eigenvalue weighted by Crippen LogP contribution is 2.28. The SMILES string of the molecule is FC1(F)CN(CCn2nccc2-c2ccc3nnn(-c4ccc5cn[nH]c5c4)c3c2)C1. The minimum Gasteiger partial charge on any atom is -0.290 e. The summed E-state index contributed by atoms with van der Waals surface area (Å²) in [6.07, 6.45) is 3.51. The normalized spacial score (nSPS) is 16.2. The van der Waals surface area contributed by atoms with Gasteiger partial charge >= 0.3 is 0 Å². The number of H-pyrrole nitrogens is 1. The van der Waals surface area contributed by atoms with Crippen molar-refractivity contribution < 1.29 is 8.78 Å². The average molecular weight is 420 g/mol. The number of aromatic amines is 1. The van der Waals surface area contributed by atoms with Crippen LogP contribution in [-0.2, 0) is 6.54 Å². The lowest BCUT2D eigenvalue weighted by atomic mass is 10.1. The zero-order valence-corrected chi connectivity index (χ0v) is 16.4. The summed E-state index contributed by atoms with van der Waals surface area (Å²) in [6.45, 7) is 0.725. The van der Waals surface area contributed by atoms with Gasteiger partial charge in [-0.05, 0) is 36.4 Å². The van der Waals surface area contributed by atoms with Gasteiger partial charge in [-0.1, -0.05) is 11.3 Å². The Bertz CT molecular complexity index is 1390. The monoisotopic (exact) mass is 420 g/mol. The van der Waals surface area contributed by atoms with Crippen molar-refractivity contribution in [3.63, 3.8) is 0 Å². The lowest BCUT2D eigenvalue weighted by Crippen LogP contribution is -2.56. The first-order valence-electron chi connectivity index (χ1n) is 9.97. The Morgan fingerprint density at radius 1 is 1.03 bits per heavy atom. The van der Waals surface area contributed by atoms with Gasteiger partial charge in [-0.2, -0.15) is 10.2 Å². The molecular formula is C21H18F2N8. The van der Waals surface area contributed by atoms with Gasteiger partial charge in [-0.3, -0.25) is 14.7 Å². The maximum atomic E-state index is 13.1. The first-order valence-corrected chi connectivity index (χ1v) is 9.97. The highest BCUT2D eigenvalue weighted by atomic mass is 19.3. The fraction of sp³-hybridized carbons (Fsp3) is 0.238. The fourth-order valence-electron chi connectivity index (χ4n) is 4.08. The van der Waals surface area contributed by atoms with Crippen LogP contribution in [0.5, 0.6) is 0 Å². The molecule has 2 aromatic carbocycles. The third-order valence-electron chi connectivity index (χ3n) is 5.67. The van der Waals surface area contributed by atoms with Gasteiger partial charge in [-0.25, -0.2) is 13.5 Å². The standard InChI is InChI=1S/C21H18F2N8/c22-21(23)12-29(13-21)7-8-30-19(5-6-25-30)14-2-4-17-20(9-14)31(28-27-17)16-3-1-15-11-24-26-18(15)10-16/h1-6,9-11H,7-8,12-13H2,(H,24,26). The lowest BCUT2D eigenvalue weighted by molar-refractivity contribution is -0.131. The lowest BCUT2D eigenvalue weighted by Gasteiger charge is -2.38. The molecule has 0 unspecified atom stereocenters. The summed E-state index contributed by atoms with van der Waals surface area (Å²) in [6, 6.07) is 13.8. The predicted molar refractivity (Wildman–Crippen MR) is 111 cm³/mol. The maximum Gasteiger partial charge on any atom is 0.272 e. The maximum absolute atomic E-state index is 13.1. The molecule has 5 aromatic rings. The van der Waals surface area contributed by atoms with Crippen LogP contribution < -0.4 is 0 Å². The van der Waals surface area contributed by atoms with Crippen molar-refractivity contribution in [2.24, 2.45) is 0 Å². The fourth-order valence-corrected chi connectivity index (χ4v) is 4.08. The highest BCUT2D eigenvalue weighted by molar-refractivity contribution is 5.84. The molecule has 10 heteroatoms. The number of hydrogen-bond donors (Lipinski definition) is 1. The minimum absolute atomic E-state index is 0.179. The second-order valence-electron chi connectivity index (χ2n) is 7.85. The second kappa shape index (κ2) is 6.67. The molecule has 1 N–H and O–H groups in total. The van der Waals surface area contributed by atoms with E-state index in [1.165, 1.54) is 0 Å². The van der Waals surface area contributed by atoms with Crippen LogP contribution in [0.25, 0.3) is 38.9 Å². The number of alkyl halides is 2. The number of fused-ring (bicyclic) bond motifs is 2. The number of benzene rings is 2. The molecule has 1 aliphatic heterocycles. The molecule has 0 aliphatic carbocycles. The topological polar surface area (TPSA) is 80.4 Å². The predicted octanol–water partition coefficient (Wildman–Crippen LogP) is 3.11. The third-order valence-corrected chi connectivity index (χ3v) is 5.67. The summed E-state index contributed by atoms with van der Waals surface area (Å²) < 4.78 is 29.8. The zero-order valence-electron chi connectivity index (χ0n) is 16.4. The van der Waals surface area contributed by atoms with Crippen LogP contribution in [0.2, 0.25) is 0 Å². The molecule has 0 amide bonds. The number of nitrogens with zero attached hydrogens (tertiary/aromatic N) is 7. The number of rotatable bonds is 5. The number of halogens is 2. The number of hydrogen-bond acceptors (Lipinski definition) is 5. The van der Waals surface area contributed by atoms with E-state index in [0.29, 0.717) is 13.1 Å². The minimum atomic E-state index is -2.55. The quantitative estimate of drug-likeness (QED) is 0.473. The smallest absolute Gasteiger partial charge is 0.272 e. The summed E-state index contributed by atoms with van der Waals surface area (Å²) in [5.41, 5.74) is 5.33. The molecule has 1 saturated heterocycles. The molecule has 31 heavy (non-hydrogen) atoms. The van der Waals surface area contributed by atoms with Gasteiger partial charge in [-0.15, -0.1) is 5.10 Å². The van der Waals surface area contributed by atoms with Gasteiger partial charge in [0.2, 0.25) is 0 Å². The Balaban J connectivity index is 1.32. The van der Waals surface area contributed by atoms with Crippen LogP contribution in [0, 0.1) is 0 Å². The molecule has 6 rings (SSSR count). The molecule has 0 bridgehead atoms. The molecular weight excluding hydrogens is 402 g/mol. The molecule has 156 valence electrons. The molecule has 1 fully saturated rings. The van der Waals surface area contributed by atoms with E-state index in [0.717, 1.165) is 38.9 Å². The van der Waals surface area contributed by atoms with Crippen LogP contribution in [0.15, 0.2) is 54.9 Å².